The van der Waals surface area contributed by atoms with E-state index in [-0.39, 0.29) is 24.3 Å². The highest BCUT2D eigenvalue weighted by atomic mass is 16.5. The number of amides is 3. The van der Waals surface area contributed by atoms with Crippen molar-refractivity contribution < 1.29 is 24.2 Å². The van der Waals surface area contributed by atoms with Crippen molar-refractivity contribution in [1.29, 1.82) is 0 Å². The van der Waals surface area contributed by atoms with E-state index in [1.165, 1.54) is 0 Å². The first-order chi connectivity index (χ1) is 20.9. The SMILES string of the molecule is CCCCN1CC=C[C@]23O[C@]4(CC)C=CCN(Cc5ccccc5)C(=O)[C@@H]4[C@H]2C(=O)N([C@H](CO)c2ccccc2)C3C1=O. The number of aliphatic hydroxyl groups excluding tert-OH is 1. The number of hydrogen-bond acceptors (Lipinski definition) is 5. The first-order valence-corrected chi connectivity index (χ1v) is 15.6. The van der Waals surface area contributed by atoms with Gasteiger partial charge in [-0.3, -0.25) is 14.4 Å². The number of unbranched alkanes of at least 4 members (excludes halogenated alkanes) is 1. The van der Waals surface area contributed by atoms with Gasteiger partial charge in [0.2, 0.25) is 17.7 Å². The molecule has 2 saturated heterocycles. The Labute approximate surface area is 253 Å². The van der Waals surface area contributed by atoms with Crippen molar-refractivity contribution in [3.63, 3.8) is 0 Å². The molecule has 1 spiro atoms. The molecule has 1 unspecified atom stereocenters. The molecule has 8 nitrogen and oxygen atoms in total. The molecule has 4 aliphatic rings. The molecular formula is C35H41N3O5. The number of benzene rings is 2. The number of aliphatic hydroxyl groups is 1. The Morgan fingerprint density at radius 2 is 1.53 bits per heavy atom. The van der Waals surface area contributed by atoms with Gasteiger partial charge in [-0.25, -0.2) is 0 Å². The van der Waals surface area contributed by atoms with Crippen LogP contribution in [0.15, 0.2) is 85.0 Å². The fraction of sp³-hybridized carbons (Fsp3) is 0.457. The molecule has 43 heavy (non-hydrogen) atoms. The van der Waals surface area contributed by atoms with Gasteiger partial charge in [0.05, 0.1) is 30.1 Å². The van der Waals surface area contributed by atoms with Crippen LogP contribution in [-0.2, 0) is 25.7 Å². The van der Waals surface area contributed by atoms with Gasteiger partial charge in [-0.15, -0.1) is 0 Å². The van der Waals surface area contributed by atoms with Crippen LogP contribution in [0.4, 0.5) is 0 Å². The van der Waals surface area contributed by atoms with Crippen molar-refractivity contribution in [2.45, 2.75) is 62.9 Å². The number of fused-ring (bicyclic) bond motifs is 2. The molecule has 6 atom stereocenters. The number of likely N-dealkylation sites (tertiary alicyclic amines) is 1. The molecule has 4 aliphatic heterocycles. The van der Waals surface area contributed by atoms with E-state index in [1.807, 2.05) is 91.9 Å². The summed E-state index contributed by atoms with van der Waals surface area (Å²) in [4.78, 5) is 49.1. The van der Waals surface area contributed by atoms with E-state index >= 15 is 0 Å². The molecule has 3 amide bonds. The van der Waals surface area contributed by atoms with Gasteiger partial charge in [0.15, 0.2) is 0 Å². The number of nitrogens with zero attached hydrogens (tertiary/aromatic N) is 3. The van der Waals surface area contributed by atoms with Crippen molar-refractivity contribution in [1.82, 2.24) is 14.7 Å². The lowest BCUT2D eigenvalue weighted by molar-refractivity contribution is -0.157. The van der Waals surface area contributed by atoms with Crippen molar-refractivity contribution in [3.05, 3.63) is 96.1 Å². The summed E-state index contributed by atoms with van der Waals surface area (Å²) in [6.45, 7) is 5.46. The Hall–Kier alpha value is -3.75. The van der Waals surface area contributed by atoms with Crippen LogP contribution in [-0.4, -0.2) is 81.0 Å². The summed E-state index contributed by atoms with van der Waals surface area (Å²) in [6.07, 6.45) is 9.97. The summed E-state index contributed by atoms with van der Waals surface area (Å²) in [5, 5.41) is 10.7. The number of rotatable bonds is 9. The maximum Gasteiger partial charge on any atom is 0.249 e. The summed E-state index contributed by atoms with van der Waals surface area (Å²) in [7, 11) is 0. The van der Waals surface area contributed by atoms with E-state index in [4.69, 9.17) is 4.74 Å². The molecule has 0 saturated carbocycles. The summed E-state index contributed by atoms with van der Waals surface area (Å²) in [5.74, 6) is -2.43. The number of hydrogen-bond donors (Lipinski definition) is 1. The van der Waals surface area contributed by atoms with Crippen LogP contribution in [0, 0.1) is 11.8 Å². The second-order valence-corrected chi connectivity index (χ2v) is 12.1. The Morgan fingerprint density at radius 1 is 0.860 bits per heavy atom. The van der Waals surface area contributed by atoms with Crippen LogP contribution in [0.25, 0.3) is 0 Å². The Kier molecular flexibility index (Phi) is 8.00. The highest BCUT2D eigenvalue weighted by Crippen LogP contribution is 2.59. The lowest BCUT2D eigenvalue weighted by Gasteiger charge is -2.41. The zero-order valence-electron chi connectivity index (χ0n) is 25.0. The number of ether oxygens (including phenoxy) is 1. The maximum atomic E-state index is 14.9. The summed E-state index contributed by atoms with van der Waals surface area (Å²) < 4.78 is 7.09. The highest BCUT2D eigenvalue weighted by Gasteiger charge is 2.76. The smallest absolute Gasteiger partial charge is 0.249 e. The maximum absolute atomic E-state index is 14.9. The standard InChI is InChI=1S/C35H41N3O5/c1-3-5-20-36-21-13-19-35-29(32(41)38(30(35)33(36)42)27(24-39)26-16-10-7-11-17-26)28-31(40)37(23-25-14-8-6-9-15-25)22-12-18-34(28,4-2)43-35/h6-19,27-30,39H,3-5,20-24H2,1-2H3/t27-,28+,29+,30?,34-,35+/m1/s1. The third kappa shape index (κ3) is 4.71. The third-order valence-electron chi connectivity index (χ3n) is 9.74. The fourth-order valence-electron chi connectivity index (χ4n) is 7.66. The number of carbonyl (C=O) groups excluding carboxylic acids is 3. The molecule has 2 aromatic rings. The van der Waals surface area contributed by atoms with Crippen LogP contribution in [0.5, 0.6) is 0 Å². The van der Waals surface area contributed by atoms with E-state index < -0.39 is 35.1 Å². The quantitative estimate of drug-likeness (QED) is 0.453. The van der Waals surface area contributed by atoms with Crippen LogP contribution < -0.4 is 0 Å². The second kappa shape index (κ2) is 11.7. The average Bonchev–Trinajstić information content (AvgIpc) is 3.33. The predicted molar refractivity (Wildman–Crippen MR) is 162 cm³/mol. The van der Waals surface area contributed by atoms with Crippen molar-refractivity contribution in [3.8, 4) is 0 Å². The molecule has 6 rings (SSSR count). The van der Waals surface area contributed by atoms with E-state index in [0.717, 1.165) is 24.0 Å². The first-order valence-electron chi connectivity index (χ1n) is 15.6. The molecule has 0 radical (unpaired) electrons. The topological polar surface area (TPSA) is 90.4 Å². The lowest BCUT2D eigenvalue weighted by Crippen LogP contribution is -2.57. The molecule has 1 N–H and O–H groups in total. The second-order valence-electron chi connectivity index (χ2n) is 12.1. The summed E-state index contributed by atoms with van der Waals surface area (Å²) in [5.41, 5.74) is -0.667. The number of carbonyl (C=O) groups is 3. The monoisotopic (exact) mass is 583 g/mol. The minimum absolute atomic E-state index is 0.153. The van der Waals surface area contributed by atoms with Gasteiger partial charge in [-0.1, -0.05) is 105 Å². The molecule has 8 heteroatoms. The van der Waals surface area contributed by atoms with Gasteiger partial charge in [-0.2, -0.15) is 0 Å². The van der Waals surface area contributed by atoms with Crippen molar-refractivity contribution in [2.24, 2.45) is 11.8 Å². The molecule has 2 fully saturated rings. The molecule has 0 aromatic heterocycles. The van der Waals surface area contributed by atoms with E-state index in [1.54, 1.807) is 14.7 Å². The molecule has 0 aliphatic carbocycles. The lowest BCUT2D eigenvalue weighted by atomic mass is 9.73. The van der Waals surface area contributed by atoms with Gasteiger partial charge >= 0.3 is 0 Å². The fourth-order valence-corrected chi connectivity index (χ4v) is 7.66. The van der Waals surface area contributed by atoms with Crippen LogP contribution in [0.3, 0.4) is 0 Å². The third-order valence-corrected chi connectivity index (χ3v) is 9.74. The van der Waals surface area contributed by atoms with Gasteiger partial charge in [0, 0.05) is 26.2 Å². The van der Waals surface area contributed by atoms with Gasteiger partial charge in [0.1, 0.15) is 11.6 Å². The summed E-state index contributed by atoms with van der Waals surface area (Å²) >= 11 is 0. The van der Waals surface area contributed by atoms with Gasteiger partial charge in [0.25, 0.3) is 0 Å². The molecule has 226 valence electrons. The molecule has 2 aromatic carbocycles. The van der Waals surface area contributed by atoms with Gasteiger partial charge < -0.3 is 24.5 Å². The summed E-state index contributed by atoms with van der Waals surface area (Å²) in [6, 6.07) is 17.4. The predicted octanol–water partition coefficient (Wildman–Crippen LogP) is 3.88. The molecular weight excluding hydrogens is 542 g/mol. The Balaban J connectivity index is 1.48. The van der Waals surface area contributed by atoms with Crippen molar-refractivity contribution in [2.75, 3.05) is 26.2 Å². The minimum atomic E-state index is -1.35. The average molecular weight is 584 g/mol. The van der Waals surface area contributed by atoms with Gasteiger partial charge in [-0.05, 0) is 24.0 Å². The van der Waals surface area contributed by atoms with E-state index in [9.17, 15) is 19.5 Å². The van der Waals surface area contributed by atoms with E-state index in [0.29, 0.717) is 32.6 Å². The normalized spacial score (nSPS) is 30.6. The molecule has 0 bridgehead atoms. The van der Waals surface area contributed by atoms with Crippen LogP contribution in [0.1, 0.15) is 50.3 Å². The minimum Gasteiger partial charge on any atom is -0.394 e. The molecule has 4 heterocycles. The Morgan fingerprint density at radius 3 is 2.21 bits per heavy atom. The van der Waals surface area contributed by atoms with E-state index in [2.05, 4.69) is 6.92 Å². The van der Waals surface area contributed by atoms with Crippen LogP contribution >= 0.6 is 0 Å². The largest absolute Gasteiger partial charge is 0.394 e. The zero-order valence-corrected chi connectivity index (χ0v) is 25.0. The first kappa shape index (κ1) is 29.3. The van der Waals surface area contributed by atoms with Crippen LogP contribution in [0.2, 0.25) is 0 Å². The highest BCUT2D eigenvalue weighted by molar-refractivity contribution is 6.00. The van der Waals surface area contributed by atoms with Crippen molar-refractivity contribution >= 4 is 17.7 Å². The zero-order chi connectivity index (χ0) is 30.2. The Bertz CT molecular complexity index is 1410.